The van der Waals surface area contributed by atoms with Crippen LogP contribution in [0.2, 0.25) is 0 Å². The van der Waals surface area contributed by atoms with Gasteiger partial charge in [0.2, 0.25) is 0 Å². The van der Waals surface area contributed by atoms with Crippen molar-refractivity contribution in [2.24, 2.45) is 0 Å². The van der Waals surface area contributed by atoms with Crippen LogP contribution in [0.5, 0.6) is 0 Å². The monoisotopic (exact) mass is 368 g/mol. The topological polar surface area (TPSA) is 58.1 Å². The van der Waals surface area contributed by atoms with Crippen LogP contribution in [0.4, 0.5) is 20.3 Å². The number of nitrogens with zero attached hydrogens (tertiary/aromatic N) is 3. The third-order valence-corrected chi connectivity index (χ3v) is 3.96. The summed E-state index contributed by atoms with van der Waals surface area (Å²) < 4.78 is 26.4. The minimum atomic E-state index is -0.967. The molecule has 138 valence electrons. The fourth-order valence-electron chi connectivity index (χ4n) is 2.56. The first-order chi connectivity index (χ1) is 13.1. The third kappa shape index (κ3) is 4.63. The number of aromatic nitrogens is 2. The molecule has 0 unspecified atom stereocenters. The van der Waals surface area contributed by atoms with Crippen molar-refractivity contribution in [3.63, 3.8) is 0 Å². The van der Waals surface area contributed by atoms with Crippen LogP contribution >= 0.6 is 0 Å². The average Bonchev–Trinajstić information content (AvgIpc) is 2.69. The first-order valence-corrected chi connectivity index (χ1v) is 8.44. The minimum Gasteiger partial charge on any atom is -0.340 e. The zero-order valence-electron chi connectivity index (χ0n) is 14.7. The Balaban J connectivity index is 1.76. The summed E-state index contributed by atoms with van der Waals surface area (Å²) in [7, 11) is 0. The van der Waals surface area contributed by atoms with E-state index >= 15 is 0 Å². The number of nitrogens with one attached hydrogen (secondary N) is 1. The number of hydrogen-bond donors (Lipinski definition) is 1. The lowest BCUT2D eigenvalue weighted by molar-refractivity contribution is 0.0746. The van der Waals surface area contributed by atoms with Crippen molar-refractivity contribution in [1.82, 2.24) is 14.9 Å². The molecular weight excluding hydrogens is 350 g/mol. The number of halogens is 2. The second-order valence-electron chi connectivity index (χ2n) is 5.85. The van der Waals surface area contributed by atoms with E-state index in [9.17, 15) is 13.6 Å². The number of hydrogen-bond acceptors (Lipinski definition) is 4. The van der Waals surface area contributed by atoms with Crippen molar-refractivity contribution in [2.75, 3.05) is 11.9 Å². The molecule has 0 bridgehead atoms. The molecule has 0 radical (unpaired) electrons. The highest BCUT2D eigenvalue weighted by Gasteiger charge is 2.17. The lowest BCUT2D eigenvalue weighted by atomic mass is 10.2. The molecular formula is C20H18F2N4O. The molecule has 0 saturated carbocycles. The predicted molar refractivity (Wildman–Crippen MR) is 98.5 cm³/mol. The molecule has 0 aliphatic heterocycles. The highest BCUT2D eigenvalue weighted by atomic mass is 19.2. The Morgan fingerprint density at radius 3 is 2.52 bits per heavy atom. The highest BCUT2D eigenvalue weighted by Crippen LogP contribution is 2.18. The van der Waals surface area contributed by atoms with Gasteiger partial charge in [-0.3, -0.25) is 4.79 Å². The smallest absolute Gasteiger partial charge is 0.272 e. The lowest BCUT2D eigenvalue weighted by Crippen LogP contribution is -2.31. The van der Waals surface area contributed by atoms with Crippen LogP contribution in [-0.4, -0.2) is 27.3 Å². The van der Waals surface area contributed by atoms with Gasteiger partial charge in [-0.2, -0.15) is 0 Å². The van der Waals surface area contributed by atoms with Gasteiger partial charge in [-0.15, -0.1) is 0 Å². The minimum absolute atomic E-state index is 0.216. The number of benzene rings is 2. The van der Waals surface area contributed by atoms with Gasteiger partial charge >= 0.3 is 0 Å². The zero-order chi connectivity index (χ0) is 19.2. The summed E-state index contributed by atoms with van der Waals surface area (Å²) in [5, 5.41) is 2.85. The number of anilines is 2. The predicted octanol–water partition coefficient (Wildman–Crippen LogP) is 4.16. The molecule has 1 N–H and O–H groups in total. The zero-order valence-corrected chi connectivity index (χ0v) is 14.7. The standard InChI is InChI=1S/C20H18F2N4O/c1-2-26(12-14-6-4-3-5-7-14)20(27)18-11-19(24-13-23-18)25-15-8-9-16(21)17(22)10-15/h3-11,13H,2,12H2,1H3,(H,23,24,25). The van der Waals surface area contributed by atoms with Gasteiger partial charge in [-0.05, 0) is 24.6 Å². The molecule has 0 saturated heterocycles. The summed E-state index contributed by atoms with van der Waals surface area (Å²) in [6.45, 7) is 2.87. The summed E-state index contributed by atoms with van der Waals surface area (Å²) in [5.41, 5.74) is 1.55. The fourth-order valence-corrected chi connectivity index (χ4v) is 2.56. The second kappa shape index (κ2) is 8.35. The molecule has 0 fully saturated rings. The molecule has 1 amide bonds. The maximum atomic E-state index is 13.3. The first-order valence-electron chi connectivity index (χ1n) is 8.44. The maximum absolute atomic E-state index is 13.3. The van der Waals surface area contributed by atoms with E-state index in [-0.39, 0.29) is 11.6 Å². The molecule has 27 heavy (non-hydrogen) atoms. The van der Waals surface area contributed by atoms with Gasteiger partial charge in [-0.1, -0.05) is 30.3 Å². The molecule has 0 aliphatic carbocycles. The normalized spacial score (nSPS) is 10.5. The summed E-state index contributed by atoms with van der Waals surface area (Å²) in [5.74, 6) is -1.82. The largest absolute Gasteiger partial charge is 0.340 e. The van der Waals surface area contributed by atoms with Gasteiger partial charge in [0.05, 0.1) is 0 Å². The maximum Gasteiger partial charge on any atom is 0.272 e. The van der Waals surface area contributed by atoms with E-state index in [1.807, 2.05) is 37.3 Å². The van der Waals surface area contributed by atoms with Crippen molar-refractivity contribution in [3.8, 4) is 0 Å². The Kier molecular flexibility index (Phi) is 5.71. The van der Waals surface area contributed by atoms with Crippen LogP contribution in [0.25, 0.3) is 0 Å². The number of carbonyl (C=O) groups is 1. The Bertz CT molecular complexity index is 934. The molecule has 3 aromatic rings. The molecule has 3 rings (SSSR count). The molecule has 7 heteroatoms. The number of carbonyl (C=O) groups excluding carboxylic acids is 1. The number of amides is 1. The van der Waals surface area contributed by atoms with E-state index in [2.05, 4.69) is 15.3 Å². The van der Waals surface area contributed by atoms with Crippen LogP contribution in [0, 0.1) is 11.6 Å². The Morgan fingerprint density at radius 2 is 1.81 bits per heavy atom. The summed E-state index contributed by atoms with van der Waals surface area (Å²) in [6.07, 6.45) is 1.26. The van der Waals surface area contributed by atoms with E-state index in [1.54, 1.807) is 4.90 Å². The van der Waals surface area contributed by atoms with E-state index < -0.39 is 11.6 Å². The molecule has 0 spiro atoms. The van der Waals surface area contributed by atoms with Crippen LogP contribution in [0.1, 0.15) is 23.0 Å². The quantitative estimate of drug-likeness (QED) is 0.710. The molecule has 5 nitrogen and oxygen atoms in total. The first kappa shape index (κ1) is 18.4. The van der Waals surface area contributed by atoms with E-state index in [0.29, 0.717) is 24.6 Å². The van der Waals surface area contributed by atoms with Crippen molar-refractivity contribution >= 4 is 17.4 Å². The van der Waals surface area contributed by atoms with E-state index in [1.165, 1.54) is 18.5 Å². The summed E-state index contributed by atoms with van der Waals surface area (Å²) >= 11 is 0. The summed E-state index contributed by atoms with van der Waals surface area (Å²) in [6, 6.07) is 14.6. The summed E-state index contributed by atoms with van der Waals surface area (Å²) in [4.78, 5) is 22.5. The Morgan fingerprint density at radius 1 is 1.04 bits per heavy atom. The molecule has 1 heterocycles. The van der Waals surface area contributed by atoms with Crippen LogP contribution in [0.3, 0.4) is 0 Å². The Hall–Kier alpha value is -3.35. The van der Waals surface area contributed by atoms with Crippen LogP contribution < -0.4 is 5.32 Å². The second-order valence-corrected chi connectivity index (χ2v) is 5.85. The van der Waals surface area contributed by atoms with Gasteiger partial charge in [0.25, 0.3) is 5.91 Å². The van der Waals surface area contributed by atoms with Crippen molar-refractivity contribution in [3.05, 3.63) is 83.8 Å². The molecule has 0 aliphatic rings. The number of rotatable bonds is 6. The fraction of sp³-hybridized carbons (Fsp3) is 0.150. The van der Waals surface area contributed by atoms with Crippen molar-refractivity contribution in [1.29, 1.82) is 0 Å². The lowest BCUT2D eigenvalue weighted by Gasteiger charge is -2.20. The van der Waals surface area contributed by atoms with Gasteiger partial charge in [0.1, 0.15) is 17.8 Å². The van der Waals surface area contributed by atoms with Crippen LogP contribution in [-0.2, 0) is 6.54 Å². The van der Waals surface area contributed by atoms with E-state index in [4.69, 9.17) is 0 Å². The highest BCUT2D eigenvalue weighted by molar-refractivity contribution is 5.93. The van der Waals surface area contributed by atoms with Crippen molar-refractivity contribution in [2.45, 2.75) is 13.5 Å². The average molecular weight is 368 g/mol. The third-order valence-electron chi connectivity index (χ3n) is 3.96. The SMILES string of the molecule is CCN(Cc1ccccc1)C(=O)c1cc(Nc2ccc(F)c(F)c2)ncn1. The Labute approximate surface area is 155 Å². The van der Waals surface area contributed by atoms with Gasteiger partial charge in [0, 0.05) is 30.9 Å². The van der Waals surface area contributed by atoms with Gasteiger partial charge < -0.3 is 10.2 Å². The van der Waals surface area contributed by atoms with E-state index in [0.717, 1.165) is 17.7 Å². The molecule has 1 aromatic heterocycles. The molecule has 2 aromatic carbocycles. The van der Waals surface area contributed by atoms with Gasteiger partial charge in [0.15, 0.2) is 11.6 Å². The molecule has 0 atom stereocenters. The van der Waals surface area contributed by atoms with Gasteiger partial charge in [-0.25, -0.2) is 18.7 Å². The van der Waals surface area contributed by atoms with Crippen molar-refractivity contribution < 1.29 is 13.6 Å². The van der Waals surface area contributed by atoms with Crippen LogP contribution in [0.15, 0.2) is 60.9 Å².